The fraction of sp³-hybridized carbons (Fsp3) is 0.429. The molecule has 22 heavy (non-hydrogen) atoms. The smallest absolute Gasteiger partial charge is 0.118 e. The first kappa shape index (κ1) is 16.6. The monoisotopic (exact) mass is 296 g/mol. The zero-order chi connectivity index (χ0) is 16.0. The predicted molar refractivity (Wildman–Crippen MR) is 94.6 cm³/mol. The van der Waals surface area contributed by atoms with Crippen molar-refractivity contribution in [2.45, 2.75) is 45.4 Å². The normalized spacial score (nSPS) is 15.1. The Hall–Kier alpha value is -1.76. The molecular weight excluding hydrogens is 268 g/mol. The van der Waals surface area contributed by atoms with Crippen molar-refractivity contribution < 1.29 is 4.74 Å². The molecule has 2 unspecified atom stereocenters. The molecule has 0 bridgehead atoms. The zero-order valence-electron chi connectivity index (χ0n) is 14.3. The predicted octanol–water partition coefficient (Wildman–Crippen LogP) is 5.63. The van der Waals surface area contributed by atoms with Gasteiger partial charge in [0, 0.05) is 5.41 Å². The molecule has 0 saturated heterocycles. The number of methoxy groups -OCH3 is 1. The van der Waals surface area contributed by atoms with E-state index in [2.05, 4.69) is 75.4 Å². The van der Waals surface area contributed by atoms with Crippen molar-refractivity contribution in [2.75, 3.05) is 7.11 Å². The fourth-order valence-electron chi connectivity index (χ4n) is 3.51. The average molecular weight is 296 g/mol. The molecule has 0 heterocycles. The van der Waals surface area contributed by atoms with Crippen LogP contribution >= 0.6 is 0 Å². The molecule has 0 amide bonds. The first-order valence-corrected chi connectivity index (χ1v) is 8.34. The van der Waals surface area contributed by atoms with Crippen molar-refractivity contribution in [3.05, 3.63) is 65.7 Å². The molecule has 2 rings (SSSR count). The lowest BCUT2D eigenvalue weighted by Gasteiger charge is -2.39. The third kappa shape index (κ3) is 3.35. The van der Waals surface area contributed by atoms with Gasteiger partial charge >= 0.3 is 0 Å². The second-order valence-electron chi connectivity index (χ2n) is 6.21. The highest BCUT2D eigenvalue weighted by Crippen LogP contribution is 2.40. The summed E-state index contributed by atoms with van der Waals surface area (Å²) in [6.07, 6.45) is 3.42. The van der Waals surface area contributed by atoms with Gasteiger partial charge in [-0.2, -0.15) is 0 Å². The summed E-state index contributed by atoms with van der Waals surface area (Å²) in [5.74, 6) is 1.57. The molecular formula is C21H28O. The van der Waals surface area contributed by atoms with Crippen LogP contribution in [0, 0.1) is 5.92 Å². The van der Waals surface area contributed by atoms with Gasteiger partial charge in [-0.05, 0) is 42.0 Å². The van der Waals surface area contributed by atoms with Crippen molar-refractivity contribution in [1.82, 2.24) is 0 Å². The molecule has 0 saturated carbocycles. The molecule has 0 aliphatic heterocycles. The van der Waals surface area contributed by atoms with E-state index < -0.39 is 0 Å². The number of hydrogen-bond donors (Lipinski definition) is 0. The third-order valence-corrected chi connectivity index (χ3v) is 5.21. The van der Waals surface area contributed by atoms with Crippen molar-refractivity contribution in [3.63, 3.8) is 0 Å². The third-order valence-electron chi connectivity index (χ3n) is 5.21. The van der Waals surface area contributed by atoms with Crippen LogP contribution in [0.5, 0.6) is 5.75 Å². The van der Waals surface area contributed by atoms with Crippen LogP contribution in [0.15, 0.2) is 54.6 Å². The van der Waals surface area contributed by atoms with E-state index in [-0.39, 0.29) is 5.41 Å². The van der Waals surface area contributed by atoms with Crippen LogP contribution in [-0.4, -0.2) is 7.11 Å². The molecule has 2 atom stereocenters. The first-order chi connectivity index (χ1) is 10.7. The molecule has 0 aliphatic carbocycles. The summed E-state index contributed by atoms with van der Waals surface area (Å²) in [5, 5.41) is 0. The Morgan fingerprint density at radius 2 is 1.59 bits per heavy atom. The lowest BCUT2D eigenvalue weighted by molar-refractivity contribution is 0.265. The topological polar surface area (TPSA) is 9.23 Å². The van der Waals surface area contributed by atoms with Gasteiger partial charge in [-0.15, -0.1) is 0 Å². The van der Waals surface area contributed by atoms with E-state index in [1.807, 2.05) is 0 Å². The van der Waals surface area contributed by atoms with Crippen LogP contribution in [0.25, 0.3) is 0 Å². The number of ether oxygens (including phenoxy) is 1. The SMILES string of the molecule is CCC(C)C(CC)(Cc1ccc(OC)cc1)c1ccccc1. The maximum Gasteiger partial charge on any atom is 0.118 e. The lowest BCUT2D eigenvalue weighted by atomic mass is 9.65. The van der Waals surface area contributed by atoms with Gasteiger partial charge in [0.2, 0.25) is 0 Å². The van der Waals surface area contributed by atoms with Gasteiger partial charge in [0.15, 0.2) is 0 Å². The van der Waals surface area contributed by atoms with E-state index in [0.29, 0.717) is 5.92 Å². The summed E-state index contributed by atoms with van der Waals surface area (Å²) in [5.41, 5.74) is 3.04. The molecule has 2 aromatic carbocycles. The van der Waals surface area contributed by atoms with Gasteiger partial charge in [0.25, 0.3) is 0 Å². The lowest BCUT2D eigenvalue weighted by Crippen LogP contribution is -2.35. The van der Waals surface area contributed by atoms with E-state index in [1.54, 1.807) is 7.11 Å². The highest BCUT2D eigenvalue weighted by atomic mass is 16.5. The minimum atomic E-state index is 0.199. The fourth-order valence-corrected chi connectivity index (χ4v) is 3.51. The largest absolute Gasteiger partial charge is 0.497 e. The Morgan fingerprint density at radius 1 is 0.955 bits per heavy atom. The summed E-state index contributed by atoms with van der Waals surface area (Å²) >= 11 is 0. The quantitative estimate of drug-likeness (QED) is 0.643. The summed E-state index contributed by atoms with van der Waals surface area (Å²) in [4.78, 5) is 0. The highest BCUT2D eigenvalue weighted by molar-refractivity contribution is 5.33. The minimum absolute atomic E-state index is 0.199. The molecule has 0 spiro atoms. The first-order valence-electron chi connectivity index (χ1n) is 8.34. The summed E-state index contributed by atoms with van der Waals surface area (Å²) < 4.78 is 5.28. The second kappa shape index (κ2) is 7.49. The Morgan fingerprint density at radius 3 is 2.09 bits per heavy atom. The Balaban J connectivity index is 2.39. The van der Waals surface area contributed by atoms with E-state index in [9.17, 15) is 0 Å². The maximum absolute atomic E-state index is 5.28. The Labute approximate surface area is 135 Å². The number of rotatable bonds is 7. The van der Waals surface area contributed by atoms with Crippen molar-refractivity contribution in [1.29, 1.82) is 0 Å². The molecule has 1 nitrogen and oxygen atoms in total. The van der Waals surface area contributed by atoms with Crippen molar-refractivity contribution in [2.24, 2.45) is 5.92 Å². The van der Waals surface area contributed by atoms with E-state index >= 15 is 0 Å². The summed E-state index contributed by atoms with van der Waals surface area (Å²) in [7, 11) is 1.72. The molecule has 118 valence electrons. The average Bonchev–Trinajstić information content (AvgIpc) is 2.60. The van der Waals surface area contributed by atoms with E-state index in [0.717, 1.165) is 18.6 Å². The van der Waals surface area contributed by atoms with Gasteiger partial charge < -0.3 is 4.74 Å². The van der Waals surface area contributed by atoms with Crippen LogP contribution in [0.1, 0.15) is 44.7 Å². The number of hydrogen-bond acceptors (Lipinski definition) is 1. The van der Waals surface area contributed by atoms with Crippen LogP contribution in [0.4, 0.5) is 0 Å². The molecule has 1 heteroatoms. The van der Waals surface area contributed by atoms with Crippen molar-refractivity contribution in [3.8, 4) is 5.75 Å². The zero-order valence-corrected chi connectivity index (χ0v) is 14.3. The molecule has 0 fully saturated rings. The Kier molecular flexibility index (Phi) is 5.65. The summed E-state index contributed by atoms with van der Waals surface area (Å²) in [6, 6.07) is 19.6. The summed E-state index contributed by atoms with van der Waals surface area (Å²) in [6.45, 7) is 7.01. The van der Waals surface area contributed by atoms with Crippen molar-refractivity contribution >= 4 is 0 Å². The molecule has 0 aliphatic rings. The van der Waals surface area contributed by atoms with Crippen LogP contribution in [-0.2, 0) is 11.8 Å². The highest BCUT2D eigenvalue weighted by Gasteiger charge is 2.35. The van der Waals surface area contributed by atoms with Gasteiger partial charge in [-0.25, -0.2) is 0 Å². The van der Waals surface area contributed by atoms with Crippen LogP contribution < -0.4 is 4.74 Å². The van der Waals surface area contributed by atoms with E-state index in [4.69, 9.17) is 4.74 Å². The molecule has 0 N–H and O–H groups in total. The van der Waals surface area contributed by atoms with Gasteiger partial charge in [-0.3, -0.25) is 0 Å². The molecule has 0 radical (unpaired) electrons. The standard InChI is InChI=1S/C21H28O/c1-5-17(3)21(6-2,19-10-8-7-9-11-19)16-18-12-14-20(22-4)15-13-18/h7-15,17H,5-6,16H2,1-4H3. The Bertz CT molecular complexity index is 558. The molecule has 0 aromatic heterocycles. The maximum atomic E-state index is 5.28. The van der Waals surface area contributed by atoms with Crippen LogP contribution in [0.2, 0.25) is 0 Å². The minimum Gasteiger partial charge on any atom is -0.497 e. The van der Waals surface area contributed by atoms with Gasteiger partial charge in [-0.1, -0.05) is 69.7 Å². The van der Waals surface area contributed by atoms with Crippen LogP contribution in [0.3, 0.4) is 0 Å². The van der Waals surface area contributed by atoms with Gasteiger partial charge in [0.1, 0.15) is 5.75 Å². The van der Waals surface area contributed by atoms with E-state index in [1.165, 1.54) is 17.5 Å². The number of benzene rings is 2. The van der Waals surface area contributed by atoms with Gasteiger partial charge in [0.05, 0.1) is 7.11 Å². The molecule has 2 aromatic rings. The second-order valence-corrected chi connectivity index (χ2v) is 6.21.